The van der Waals surface area contributed by atoms with Gasteiger partial charge in [-0.1, -0.05) is 26.8 Å². The topological polar surface area (TPSA) is 155 Å². The van der Waals surface area contributed by atoms with Crippen LogP contribution in [0.5, 0.6) is 5.75 Å². The van der Waals surface area contributed by atoms with Crippen LogP contribution in [0.15, 0.2) is 59.7 Å². The number of halogens is 1. The minimum Gasteiger partial charge on any atom is -0.471 e. The van der Waals surface area contributed by atoms with Gasteiger partial charge < -0.3 is 34.7 Å². The highest BCUT2D eigenvalue weighted by molar-refractivity contribution is 7.12. The van der Waals surface area contributed by atoms with E-state index in [1.54, 1.807) is 22.4 Å². The molecule has 0 spiro atoms. The molecule has 336 valence electrons. The van der Waals surface area contributed by atoms with Crippen molar-refractivity contribution in [2.75, 3.05) is 33.8 Å². The number of aromatic nitrogens is 3. The molecule has 3 aromatic heterocycles. The first-order chi connectivity index (χ1) is 30.1. The summed E-state index contributed by atoms with van der Waals surface area (Å²) in [4.78, 5) is 54.1. The second-order valence-electron chi connectivity index (χ2n) is 17.6. The summed E-state index contributed by atoms with van der Waals surface area (Å²) < 4.78 is 35.1. The van der Waals surface area contributed by atoms with Gasteiger partial charge in [0.05, 0.1) is 71.9 Å². The van der Waals surface area contributed by atoms with Crippen LogP contribution in [0, 0.1) is 18.7 Å². The zero-order chi connectivity index (χ0) is 45.2. The van der Waals surface area contributed by atoms with Crippen LogP contribution in [0.1, 0.15) is 94.2 Å². The molecule has 2 amide bonds. The van der Waals surface area contributed by atoms with Crippen molar-refractivity contribution >= 4 is 46.5 Å². The van der Waals surface area contributed by atoms with Crippen molar-refractivity contribution in [1.29, 1.82) is 0 Å². The first-order valence-electron chi connectivity index (χ1n) is 21.6. The summed E-state index contributed by atoms with van der Waals surface area (Å²) in [5.41, 5.74) is 3.79. The predicted octanol–water partition coefficient (Wildman–Crippen LogP) is 8.36. The highest BCUT2D eigenvalue weighted by Crippen LogP contribution is 2.48. The number of benzene rings is 2. The van der Waals surface area contributed by atoms with Gasteiger partial charge in [-0.2, -0.15) is 0 Å². The molecular weight excluding hydrogens is 824 g/mol. The molecule has 3 unspecified atom stereocenters. The number of carbonyl (C=O) groups is 3. The Labute approximate surface area is 372 Å². The average molecular weight is 883 g/mol. The molecule has 3 N–H and O–H groups in total. The average Bonchev–Trinajstić information content (AvgIpc) is 4.10. The van der Waals surface area contributed by atoms with Crippen molar-refractivity contribution in [3.8, 4) is 28.3 Å². The summed E-state index contributed by atoms with van der Waals surface area (Å²) in [7, 11) is 3.12. The van der Waals surface area contributed by atoms with E-state index in [0.29, 0.717) is 61.0 Å². The van der Waals surface area contributed by atoms with Gasteiger partial charge in [-0.25, -0.2) is 14.2 Å². The zero-order valence-electron chi connectivity index (χ0n) is 37.6. The third-order valence-electron chi connectivity index (χ3n) is 11.4. The highest BCUT2D eigenvalue weighted by atomic mass is 32.1. The third kappa shape index (κ3) is 9.61. The van der Waals surface area contributed by atoms with Gasteiger partial charge in [0.2, 0.25) is 12.1 Å². The monoisotopic (exact) mass is 882 g/mol. The Hall–Kier alpha value is -5.74. The van der Waals surface area contributed by atoms with Crippen molar-refractivity contribution in [2.45, 2.75) is 104 Å². The van der Waals surface area contributed by atoms with E-state index in [1.165, 1.54) is 13.2 Å². The number of amidine groups is 1. The van der Waals surface area contributed by atoms with Crippen LogP contribution >= 0.6 is 11.3 Å². The molecule has 0 bridgehead atoms. The Morgan fingerprint density at radius 2 is 1.94 bits per heavy atom. The van der Waals surface area contributed by atoms with Crippen LogP contribution in [0.4, 0.5) is 9.18 Å². The first kappa shape index (κ1) is 45.3. The molecule has 0 aliphatic carbocycles. The van der Waals surface area contributed by atoms with Gasteiger partial charge in [-0.15, -0.1) is 11.3 Å². The molecule has 8 rings (SSSR count). The number of ether oxygens (including phenoxy) is 3. The number of H-pyrrole nitrogens is 1. The lowest BCUT2D eigenvalue weighted by Crippen LogP contribution is -2.48. The number of rotatable bonds is 12. The Morgan fingerprint density at radius 3 is 2.60 bits per heavy atom. The number of likely N-dealkylation sites (tertiary alicyclic amines) is 1. The number of imidazole rings is 1. The van der Waals surface area contributed by atoms with Crippen LogP contribution in [0.3, 0.4) is 0 Å². The van der Waals surface area contributed by atoms with Crippen LogP contribution in [0.2, 0.25) is 0 Å². The zero-order valence-corrected chi connectivity index (χ0v) is 38.4. The molecule has 2 aromatic carbocycles. The van der Waals surface area contributed by atoms with E-state index in [2.05, 4.69) is 73.2 Å². The molecule has 1 saturated heterocycles. The minimum atomic E-state index is -0.574. The molecule has 3 aliphatic rings. The fraction of sp³-hybridized carbons (Fsp3) is 0.468. The van der Waals surface area contributed by atoms with E-state index in [9.17, 15) is 9.59 Å². The smallest absolute Gasteiger partial charge is 0.410 e. The van der Waals surface area contributed by atoms with Gasteiger partial charge in [0.25, 0.3) is 6.47 Å². The summed E-state index contributed by atoms with van der Waals surface area (Å²) in [5.74, 6) is 1.64. The minimum absolute atomic E-state index is 0.0289. The fourth-order valence-corrected chi connectivity index (χ4v) is 9.52. The molecule has 0 radical (unpaired) electrons. The second kappa shape index (κ2) is 18.9. The number of aryl methyl sites for hydroxylation is 1. The van der Waals surface area contributed by atoms with Crippen molar-refractivity contribution < 1.29 is 33.0 Å². The van der Waals surface area contributed by atoms with Crippen molar-refractivity contribution in [1.82, 2.24) is 35.0 Å². The number of methoxy groups -OCH3 is 1. The number of hydrogen-bond acceptors (Lipinski definition) is 11. The Kier molecular flexibility index (Phi) is 13.6. The number of fused-ring (bicyclic) bond motifs is 5. The van der Waals surface area contributed by atoms with E-state index in [-0.39, 0.29) is 36.0 Å². The third-order valence-corrected chi connectivity index (χ3v) is 12.5. The van der Waals surface area contributed by atoms with E-state index >= 15 is 4.39 Å². The summed E-state index contributed by atoms with van der Waals surface area (Å²) in [5, 5.41) is 7.75. The molecule has 0 saturated carbocycles. The number of hydrogen-bond donors (Lipinski definition) is 3. The Bertz CT molecular complexity index is 2490. The number of thiophene rings is 1. The van der Waals surface area contributed by atoms with Gasteiger partial charge in [-0.3, -0.25) is 24.0 Å². The van der Waals surface area contributed by atoms with Gasteiger partial charge in [0.15, 0.2) is 0 Å². The number of amides is 2. The maximum Gasteiger partial charge on any atom is 0.410 e. The van der Waals surface area contributed by atoms with Crippen molar-refractivity contribution in [3.63, 3.8) is 0 Å². The molecule has 3 aliphatic heterocycles. The van der Waals surface area contributed by atoms with Crippen LogP contribution in [-0.4, -0.2) is 100 Å². The molecule has 5 aromatic rings. The number of likely N-dealkylation sites (N-methyl/N-ethyl adjacent to an activating group) is 1. The highest BCUT2D eigenvalue weighted by Gasteiger charge is 2.38. The quantitative estimate of drug-likeness (QED) is 0.105. The van der Waals surface area contributed by atoms with Crippen molar-refractivity contribution in [2.24, 2.45) is 10.9 Å². The summed E-state index contributed by atoms with van der Waals surface area (Å²) in [6.45, 7) is 16.3. The molecule has 1 fully saturated rings. The number of nitrogens with zero attached hydrogens (tertiary/aromatic N) is 5. The van der Waals surface area contributed by atoms with Crippen molar-refractivity contribution in [3.05, 3.63) is 81.7 Å². The summed E-state index contributed by atoms with van der Waals surface area (Å²) in [6, 6.07) is 15.4. The van der Waals surface area contributed by atoms with Gasteiger partial charge in [0.1, 0.15) is 28.8 Å². The van der Waals surface area contributed by atoms with E-state index in [0.717, 1.165) is 57.0 Å². The van der Waals surface area contributed by atoms with Gasteiger partial charge in [0, 0.05) is 28.9 Å². The summed E-state index contributed by atoms with van der Waals surface area (Å²) in [6.07, 6.45) is 3.40. The normalized spacial score (nSPS) is 18.4. The number of aromatic amines is 1. The molecule has 14 nitrogen and oxygen atoms in total. The predicted molar refractivity (Wildman–Crippen MR) is 243 cm³/mol. The van der Waals surface area contributed by atoms with Crippen LogP contribution < -0.4 is 15.4 Å². The molecule has 6 heterocycles. The summed E-state index contributed by atoms with van der Waals surface area (Å²) >= 11 is 1.66. The van der Waals surface area contributed by atoms with Crippen LogP contribution in [-0.2, 0) is 25.6 Å². The van der Waals surface area contributed by atoms with E-state index in [1.807, 2.05) is 59.6 Å². The molecule has 4 atom stereocenters. The van der Waals surface area contributed by atoms with Gasteiger partial charge >= 0.3 is 6.09 Å². The van der Waals surface area contributed by atoms with E-state index < -0.39 is 17.6 Å². The maximum atomic E-state index is 16.6. The lowest BCUT2D eigenvalue weighted by molar-refractivity contribution is -0.135. The number of carbonyl (C=O) groups excluding carboxylic acids is 3. The van der Waals surface area contributed by atoms with E-state index in [4.69, 9.17) is 19.3 Å². The SMILES string of the molecule is CCCN(Cc1ncc(-c2cc(F)c3c(c2)OC(c2ccc(C)s2)n2c-3cc3cc(C4CN=C([C@@H]5CCCN5C(=O)OC(C)(C)C)N4)ccc32)[nH]1)C(=O)C(NC)C(C)C.COC=O. The fourth-order valence-electron chi connectivity index (χ4n) is 8.63. The number of nitrogens with one attached hydrogen (secondary N) is 3. The Morgan fingerprint density at radius 1 is 1.16 bits per heavy atom. The second-order valence-corrected chi connectivity index (χ2v) is 18.9. The number of aliphatic imine (C=N–C) groups is 1. The van der Waals surface area contributed by atoms with Crippen LogP contribution in [0.25, 0.3) is 33.4 Å². The standard InChI is InChI=1S/C45H55FN8O4S.C2H4O2/c1-9-16-52(42(55)40(47-8)25(2)3)24-38-48-22-32(50-38)28-19-30(46)39-35-20-29-18-27(13-14-33(29)54(35)43(57-36(39)21-28)37-15-12-26(4)59-37)31-23-49-41(51-31)34-11-10-17-53(34)44(56)58-45(5,6)7;1-4-2-3/h12-15,18-22,25,31,34,40,43,47H,9-11,16-17,23-24H2,1-8H3,(H,48,50)(H,49,51);2H,1H3/t31?,34-,40?,43?;/m0./s1. The molecular formula is C47H59FN8O6S. The molecule has 16 heteroatoms. The maximum absolute atomic E-state index is 16.6. The van der Waals surface area contributed by atoms with Gasteiger partial charge in [-0.05, 0) is 108 Å². The first-order valence-corrected chi connectivity index (χ1v) is 22.4. The molecule has 63 heavy (non-hydrogen) atoms. The Balaban J connectivity index is 0.00000143. The largest absolute Gasteiger partial charge is 0.471 e. The lowest BCUT2D eigenvalue weighted by Gasteiger charge is -2.30. The lowest BCUT2D eigenvalue weighted by atomic mass is 10.0.